The number of fused-ring (bicyclic) bond motifs is 7. The van der Waals surface area contributed by atoms with Crippen molar-refractivity contribution in [3.05, 3.63) is 224 Å². The van der Waals surface area contributed by atoms with Gasteiger partial charge in [0.25, 0.3) is 0 Å². The Morgan fingerprint density at radius 1 is 0.311 bits per heavy atom. The molecule has 0 spiro atoms. The first-order valence-corrected chi connectivity index (χ1v) is 20.8. The molecular weight excluding hydrogens is 739 g/mol. The zero-order valence-corrected chi connectivity index (χ0v) is 33.2. The maximum absolute atomic E-state index is 5.34. The molecule has 12 rings (SSSR count). The first-order valence-electron chi connectivity index (χ1n) is 20.8. The third kappa shape index (κ3) is 5.82. The quantitative estimate of drug-likeness (QED) is 0.124. The number of benzene rings is 10. The van der Waals surface area contributed by atoms with Crippen LogP contribution in [0.3, 0.4) is 0 Å². The maximum Gasteiger partial charge on any atom is 0.160 e. The molecule has 0 bridgehead atoms. The standard InChI is InChI=1S/C58H37N3/c1-3-17-41(18-4-1)58-59-52(40-32-30-39(31-33-40)45-27-15-29-55-57(45)50-26-13-14-28-54(50)61(55)43-20-5-2-6-21-43)37-53(60-58)47-24-11-12-25-48(47)56-46-23-10-8-19-42(46)36-51-44-22-9-7-16-38(44)34-35-49(51)56/h1-37H. The molecular formula is C58H37N3. The van der Waals surface area contributed by atoms with E-state index in [1.165, 1.54) is 65.3 Å². The van der Waals surface area contributed by atoms with Crippen LogP contribution in [0.15, 0.2) is 224 Å². The predicted octanol–water partition coefficient (Wildman–Crippen LogP) is 15.4. The first-order chi connectivity index (χ1) is 30.3. The summed E-state index contributed by atoms with van der Waals surface area (Å²) in [4.78, 5) is 10.6. The highest BCUT2D eigenvalue weighted by molar-refractivity contribution is 6.21. The molecule has 3 heteroatoms. The molecule has 3 nitrogen and oxygen atoms in total. The monoisotopic (exact) mass is 775 g/mol. The zero-order valence-electron chi connectivity index (χ0n) is 33.2. The Balaban J connectivity index is 1.03. The lowest BCUT2D eigenvalue weighted by atomic mass is 9.87. The minimum atomic E-state index is 0.694. The molecule has 0 saturated heterocycles. The molecule has 0 radical (unpaired) electrons. The average molecular weight is 776 g/mol. The molecule has 0 atom stereocenters. The fraction of sp³-hybridized carbons (Fsp3) is 0. The van der Waals surface area contributed by atoms with E-state index >= 15 is 0 Å². The first kappa shape index (κ1) is 34.9. The highest BCUT2D eigenvalue weighted by atomic mass is 15.0. The van der Waals surface area contributed by atoms with Crippen molar-refractivity contribution >= 4 is 54.1 Å². The molecule has 0 amide bonds. The van der Waals surface area contributed by atoms with E-state index in [0.717, 1.165) is 44.9 Å². The average Bonchev–Trinajstić information content (AvgIpc) is 3.68. The van der Waals surface area contributed by atoms with Crippen molar-refractivity contribution in [3.8, 4) is 61.8 Å². The number of rotatable bonds is 6. The summed E-state index contributed by atoms with van der Waals surface area (Å²) >= 11 is 0. The van der Waals surface area contributed by atoms with Gasteiger partial charge in [-0.2, -0.15) is 0 Å². The second kappa shape index (κ2) is 14.3. The van der Waals surface area contributed by atoms with E-state index < -0.39 is 0 Å². The van der Waals surface area contributed by atoms with E-state index in [4.69, 9.17) is 9.97 Å². The van der Waals surface area contributed by atoms with Crippen LogP contribution in [0.25, 0.3) is 116 Å². The smallest absolute Gasteiger partial charge is 0.160 e. The Hall–Kier alpha value is -8.14. The van der Waals surface area contributed by atoms with Gasteiger partial charge in [-0.05, 0) is 91.0 Å². The molecule has 0 aliphatic rings. The molecule has 0 saturated carbocycles. The van der Waals surface area contributed by atoms with E-state index in [2.05, 4.69) is 223 Å². The van der Waals surface area contributed by atoms with Crippen LogP contribution in [0.4, 0.5) is 0 Å². The van der Waals surface area contributed by atoms with Crippen molar-refractivity contribution < 1.29 is 0 Å². The van der Waals surface area contributed by atoms with E-state index in [9.17, 15) is 0 Å². The Bertz CT molecular complexity index is 3620. The van der Waals surface area contributed by atoms with Gasteiger partial charge < -0.3 is 4.57 Å². The number of aromatic nitrogens is 3. The normalized spacial score (nSPS) is 11.6. The molecule has 0 unspecified atom stereocenters. The summed E-state index contributed by atoms with van der Waals surface area (Å²) in [5, 5.41) is 9.87. The molecule has 0 aliphatic heterocycles. The second-order valence-electron chi connectivity index (χ2n) is 15.7. The second-order valence-corrected chi connectivity index (χ2v) is 15.7. The number of nitrogens with zero attached hydrogens (tertiary/aromatic N) is 3. The van der Waals surface area contributed by atoms with Gasteiger partial charge in [-0.15, -0.1) is 0 Å². The SMILES string of the molecule is c1ccc(-c2nc(-c3ccc(-c4cccc5c4c4ccccc4n5-c4ccccc4)cc3)cc(-c3ccccc3-c3c4ccccc4cc4c3ccc3ccccc34)n2)cc1. The molecule has 2 heterocycles. The highest BCUT2D eigenvalue weighted by Gasteiger charge is 2.20. The molecule has 0 aliphatic carbocycles. The molecule has 0 N–H and O–H groups in total. The maximum atomic E-state index is 5.34. The highest BCUT2D eigenvalue weighted by Crippen LogP contribution is 2.44. The molecule has 284 valence electrons. The van der Waals surface area contributed by atoms with Crippen molar-refractivity contribution in [2.75, 3.05) is 0 Å². The van der Waals surface area contributed by atoms with E-state index in [1.807, 2.05) is 6.07 Å². The number of hydrogen-bond acceptors (Lipinski definition) is 2. The molecule has 12 aromatic rings. The minimum absolute atomic E-state index is 0.694. The topological polar surface area (TPSA) is 30.7 Å². The van der Waals surface area contributed by atoms with Crippen LogP contribution < -0.4 is 0 Å². The summed E-state index contributed by atoms with van der Waals surface area (Å²) in [6.07, 6.45) is 0. The van der Waals surface area contributed by atoms with Crippen molar-refractivity contribution in [2.45, 2.75) is 0 Å². The van der Waals surface area contributed by atoms with E-state index in [-0.39, 0.29) is 0 Å². The third-order valence-electron chi connectivity index (χ3n) is 12.2. The van der Waals surface area contributed by atoms with Gasteiger partial charge in [0.05, 0.1) is 22.4 Å². The van der Waals surface area contributed by atoms with Crippen LogP contribution in [0.1, 0.15) is 0 Å². The Kier molecular flexibility index (Phi) is 8.17. The van der Waals surface area contributed by atoms with Gasteiger partial charge in [0, 0.05) is 33.2 Å². The summed E-state index contributed by atoms with van der Waals surface area (Å²) in [7, 11) is 0. The van der Waals surface area contributed by atoms with Crippen molar-refractivity contribution in [1.29, 1.82) is 0 Å². The van der Waals surface area contributed by atoms with Gasteiger partial charge in [-0.25, -0.2) is 9.97 Å². The van der Waals surface area contributed by atoms with Crippen LogP contribution in [0, 0.1) is 0 Å². The predicted molar refractivity (Wildman–Crippen MR) is 256 cm³/mol. The van der Waals surface area contributed by atoms with Crippen molar-refractivity contribution in [3.63, 3.8) is 0 Å². The van der Waals surface area contributed by atoms with E-state index in [1.54, 1.807) is 0 Å². The van der Waals surface area contributed by atoms with Gasteiger partial charge >= 0.3 is 0 Å². The van der Waals surface area contributed by atoms with Crippen LogP contribution in [-0.2, 0) is 0 Å². The van der Waals surface area contributed by atoms with Gasteiger partial charge in [0.2, 0.25) is 0 Å². The lowest BCUT2D eigenvalue weighted by Gasteiger charge is -2.17. The molecule has 10 aromatic carbocycles. The van der Waals surface area contributed by atoms with Crippen molar-refractivity contribution in [2.24, 2.45) is 0 Å². The fourth-order valence-corrected chi connectivity index (χ4v) is 9.42. The lowest BCUT2D eigenvalue weighted by Crippen LogP contribution is -1.97. The summed E-state index contributed by atoms with van der Waals surface area (Å²) in [5.74, 6) is 0.694. The molecule has 2 aromatic heterocycles. The van der Waals surface area contributed by atoms with Gasteiger partial charge in [-0.3, -0.25) is 0 Å². The lowest BCUT2D eigenvalue weighted by molar-refractivity contribution is 1.18. The summed E-state index contributed by atoms with van der Waals surface area (Å²) < 4.78 is 2.37. The van der Waals surface area contributed by atoms with Crippen molar-refractivity contribution in [1.82, 2.24) is 14.5 Å². The third-order valence-corrected chi connectivity index (χ3v) is 12.2. The van der Waals surface area contributed by atoms with Crippen LogP contribution in [0.5, 0.6) is 0 Å². The summed E-state index contributed by atoms with van der Waals surface area (Å²) in [5.41, 5.74) is 13.1. The largest absolute Gasteiger partial charge is 0.309 e. The minimum Gasteiger partial charge on any atom is -0.309 e. The Morgan fingerprint density at radius 3 is 1.74 bits per heavy atom. The Labute approximate surface area is 353 Å². The van der Waals surface area contributed by atoms with Gasteiger partial charge in [0.1, 0.15) is 0 Å². The number of para-hydroxylation sites is 2. The molecule has 0 fully saturated rings. The Morgan fingerprint density at radius 2 is 0.918 bits per heavy atom. The zero-order chi connectivity index (χ0) is 40.3. The van der Waals surface area contributed by atoms with Gasteiger partial charge in [-0.1, -0.05) is 188 Å². The van der Waals surface area contributed by atoms with E-state index in [0.29, 0.717) is 5.82 Å². The fourth-order valence-electron chi connectivity index (χ4n) is 9.42. The van der Waals surface area contributed by atoms with Crippen LogP contribution >= 0.6 is 0 Å². The number of hydrogen-bond donors (Lipinski definition) is 0. The summed E-state index contributed by atoms with van der Waals surface area (Å²) in [6.45, 7) is 0. The van der Waals surface area contributed by atoms with Crippen LogP contribution in [0.2, 0.25) is 0 Å². The van der Waals surface area contributed by atoms with Crippen LogP contribution in [-0.4, -0.2) is 14.5 Å². The summed E-state index contributed by atoms with van der Waals surface area (Å²) in [6, 6.07) is 80.4. The molecule has 61 heavy (non-hydrogen) atoms. The van der Waals surface area contributed by atoms with Gasteiger partial charge in [0.15, 0.2) is 5.82 Å².